The Kier molecular flexibility index (Phi) is 27.2. The SMILES string of the molecule is CC(=O)O.CC=O.CCCCOC(C)OCCCC. The van der Waals surface area contributed by atoms with E-state index in [1.54, 1.807) is 0 Å². The van der Waals surface area contributed by atoms with Crippen LogP contribution in [0.4, 0.5) is 0 Å². The molecule has 19 heavy (non-hydrogen) atoms. The number of carboxylic acids is 1. The lowest BCUT2D eigenvalue weighted by molar-refractivity contribution is -0.134. The highest BCUT2D eigenvalue weighted by molar-refractivity contribution is 5.62. The number of aldehydes is 1. The van der Waals surface area contributed by atoms with Crippen LogP contribution in [-0.4, -0.2) is 36.9 Å². The van der Waals surface area contributed by atoms with Crippen molar-refractivity contribution in [2.24, 2.45) is 0 Å². The van der Waals surface area contributed by atoms with Crippen LogP contribution in [0.25, 0.3) is 0 Å². The predicted molar refractivity (Wildman–Crippen MR) is 76.2 cm³/mol. The Morgan fingerprint density at radius 2 is 1.42 bits per heavy atom. The van der Waals surface area contributed by atoms with Gasteiger partial charge in [-0.3, -0.25) is 4.79 Å². The highest BCUT2D eigenvalue weighted by atomic mass is 16.7. The molecule has 0 aliphatic heterocycles. The molecule has 0 saturated heterocycles. The number of unbranched alkanes of at least 4 members (excludes halogenated alkanes) is 2. The van der Waals surface area contributed by atoms with Crippen LogP contribution in [0.15, 0.2) is 0 Å². The first kappa shape index (κ1) is 23.2. The maximum atomic E-state index is 9.00. The van der Waals surface area contributed by atoms with Gasteiger partial charge in [0.15, 0.2) is 6.29 Å². The molecule has 0 unspecified atom stereocenters. The van der Waals surface area contributed by atoms with Crippen LogP contribution in [-0.2, 0) is 19.1 Å². The molecule has 0 aliphatic carbocycles. The van der Waals surface area contributed by atoms with Crippen LogP contribution < -0.4 is 0 Å². The van der Waals surface area contributed by atoms with E-state index in [-0.39, 0.29) is 6.29 Å². The van der Waals surface area contributed by atoms with E-state index in [9.17, 15) is 0 Å². The second-order valence-corrected chi connectivity index (χ2v) is 3.77. The number of aliphatic carboxylic acids is 1. The van der Waals surface area contributed by atoms with E-state index in [0.29, 0.717) is 0 Å². The predicted octanol–water partition coefficient (Wildman–Crippen LogP) is 3.26. The average molecular weight is 278 g/mol. The number of hydrogen-bond acceptors (Lipinski definition) is 4. The maximum absolute atomic E-state index is 9.00. The lowest BCUT2D eigenvalue weighted by Crippen LogP contribution is -2.14. The quantitative estimate of drug-likeness (QED) is 0.419. The van der Waals surface area contributed by atoms with Crippen molar-refractivity contribution < 1.29 is 24.2 Å². The van der Waals surface area contributed by atoms with Gasteiger partial charge in [-0.15, -0.1) is 0 Å². The van der Waals surface area contributed by atoms with Gasteiger partial charge in [0.2, 0.25) is 0 Å². The number of hydrogen-bond donors (Lipinski definition) is 1. The molecule has 0 aromatic carbocycles. The van der Waals surface area contributed by atoms with E-state index in [0.717, 1.165) is 39.3 Å². The Balaban J connectivity index is -0.000000303. The summed E-state index contributed by atoms with van der Waals surface area (Å²) in [6.45, 7) is 10.5. The van der Waals surface area contributed by atoms with Crippen LogP contribution in [0.2, 0.25) is 0 Å². The van der Waals surface area contributed by atoms with Crippen molar-refractivity contribution in [3.05, 3.63) is 0 Å². The Bertz CT molecular complexity index is 169. The van der Waals surface area contributed by atoms with E-state index in [4.69, 9.17) is 24.2 Å². The smallest absolute Gasteiger partial charge is 0.300 e. The molecule has 0 spiro atoms. The molecule has 0 fully saturated rings. The van der Waals surface area contributed by atoms with Crippen LogP contribution in [0.5, 0.6) is 0 Å². The van der Waals surface area contributed by atoms with Crippen molar-refractivity contribution in [2.45, 2.75) is 66.6 Å². The number of ether oxygens (including phenoxy) is 2. The summed E-state index contributed by atoms with van der Waals surface area (Å²) in [6, 6.07) is 0. The minimum absolute atomic E-state index is 0.0249. The molecule has 0 aliphatic rings. The van der Waals surface area contributed by atoms with Gasteiger partial charge in [0, 0.05) is 20.1 Å². The molecular formula is C14H30O5. The van der Waals surface area contributed by atoms with Crippen LogP contribution in [0.1, 0.15) is 60.3 Å². The zero-order valence-electron chi connectivity index (χ0n) is 13.0. The Morgan fingerprint density at radius 1 is 1.16 bits per heavy atom. The molecule has 0 radical (unpaired) electrons. The molecule has 0 amide bonds. The lowest BCUT2D eigenvalue weighted by atomic mass is 10.4. The minimum atomic E-state index is -0.833. The largest absolute Gasteiger partial charge is 0.481 e. The topological polar surface area (TPSA) is 72.8 Å². The zero-order valence-corrected chi connectivity index (χ0v) is 13.0. The Hall–Kier alpha value is -0.940. The summed E-state index contributed by atoms with van der Waals surface area (Å²) < 4.78 is 10.8. The number of carboxylic acid groups (broad SMARTS) is 1. The minimum Gasteiger partial charge on any atom is -0.481 e. The molecule has 1 N–H and O–H groups in total. The first-order valence-electron chi connectivity index (χ1n) is 6.78. The molecule has 5 heteroatoms. The maximum Gasteiger partial charge on any atom is 0.300 e. The fourth-order valence-electron chi connectivity index (χ4n) is 0.835. The molecule has 0 heterocycles. The standard InChI is InChI=1S/C10H22O2.C2H4O2.C2H4O/c1-4-6-8-11-10(3)12-9-7-5-2;1-2(3)4;1-2-3/h10H,4-9H2,1-3H3;1H3,(H,3,4);2H,1H3. The van der Waals surface area contributed by atoms with Gasteiger partial charge < -0.3 is 19.4 Å². The van der Waals surface area contributed by atoms with E-state index >= 15 is 0 Å². The second-order valence-electron chi connectivity index (χ2n) is 3.77. The molecule has 0 bridgehead atoms. The molecule has 0 saturated carbocycles. The fourth-order valence-corrected chi connectivity index (χ4v) is 0.835. The first-order chi connectivity index (χ1) is 8.95. The molecule has 0 aromatic heterocycles. The molecular weight excluding hydrogens is 248 g/mol. The van der Waals surface area contributed by atoms with Crippen molar-refractivity contribution in [3.63, 3.8) is 0 Å². The van der Waals surface area contributed by atoms with Crippen molar-refractivity contribution in [1.82, 2.24) is 0 Å². The van der Waals surface area contributed by atoms with E-state index in [1.165, 1.54) is 19.8 Å². The van der Waals surface area contributed by atoms with Gasteiger partial charge in [-0.1, -0.05) is 26.7 Å². The van der Waals surface area contributed by atoms with Gasteiger partial charge in [-0.05, 0) is 26.7 Å². The van der Waals surface area contributed by atoms with Crippen molar-refractivity contribution in [3.8, 4) is 0 Å². The van der Waals surface area contributed by atoms with Gasteiger partial charge >= 0.3 is 0 Å². The van der Waals surface area contributed by atoms with Crippen molar-refractivity contribution in [2.75, 3.05) is 13.2 Å². The number of rotatable bonds is 8. The molecule has 5 nitrogen and oxygen atoms in total. The third kappa shape index (κ3) is 47.1. The Labute approximate surface area is 117 Å². The summed E-state index contributed by atoms with van der Waals surface area (Å²) in [5.74, 6) is -0.833. The van der Waals surface area contributed by atoms with E-state index in [1.807, 2.05) is 6.92 Å². The first-order valence-corrected chi connectivity index (χ1v) is 6.78. The molecule has 0 atom stereocenters. The highest BCUT2D eigenvalue weighted by Crippen LogP contribution is 1.98. The van der Waals surface area contributed by atoms with Crippen molar-refractivity contribution in [1.29, 1.82) is 0 Å². The fraction of sp³-hybridized carbons (Fsp3) is 0.857. The van der Waals surface area contributed by atoms with Gasteiger partial charge in [0.25, 0.3) is 5.97 Å². The lowest BCUT2D eigenvalue weighted by Gasteiger charge is -2.13. The van der Waals surface area contributed by atoms with Gasteiger partial charge in [0.1, 0.15) is 6.29 Å². The summed E-state index contributed by atoms with van der Waals surface area (Å²) in [5, 5.41) is 7.42. The van der Waals surface area contributed by atoms with Crippen LogP contribution >= 0.6 is 0 Å². The van der Waals surface area contributed by atoms with Gasteiger partial charge in [-0.25, -0.2) is 0 Å². The van der Waals surface area contributed by atoms with Crippen LogP contribution in [0, 0.1) is 0 Å². The average Bonchev–Trinajstić information content (AvgIpc) is 2.30. The number of carbonyl (C=O) groups is 2. The Morgan fingerprint density at radius 3 is 1.63 bits per heavy atom. The molecule has 0 aromatic rings. The highest BCUT2D eigenvalue weighted by Gasteiger charge is 1.99. The molecule has 116 valence electrons. The summed E-state index contributed by atoms with van der Waals surface area (Å²) in [6.07, 6.45) is 5.34. The number of carbonyl (C=O) groups excluding carboxylic acids is 1. The summed E-state index contributed by atoms with van der Waals surface area (Å²) in [5.41, 5.74) is 0. The summed E-state index contributed by atoms with van der Waals surface area (Å²) in [7, 11) is 0. The van der Waals surface area contributed by atoms with Crippen molar-refractivity contribution >= 4 is 12.3 Å². The third-order valence-corrected chi connectivity index (χ3v) is 1.70. The third-order valence-electron chi connectivity index (χ3n) is 1.70. The van der Waals surface area contributed by atoms with Crippen LogP contribution in [0.3, 0.4) is 0 Å². The van der Waals surface area contributed by atoms with Gasteiger partial charge in [-0.2, -0.15) is 0 Å². The van der Waals surface area contributed by atoms with Gasteiger partial charge in [0.05, 0.1) is 0 Å². The normalized spacial score (nSPS) is 8.95. The second kappa shape index (κ2) is 22.3. The summed E-state index contributed by atoms with van der Waals surface area (Å²) >= 11 is 0. The van der Waals surface area contributed by atoms with E-state index in [2.05, 4.69) is 13.8 Å². The van der Waals surface area contributed by atoms with E-state index < -0.39 is 5.97 Å². The zero-order chi connectivity index (χ0) is 15.5. The molecule has 0 rings (SSSR count). The summed E-state index contributed by atoms with van der Waals surface area (Å²) in [4.78, 5) is 17.8. The monoisotopic (exact) mass is 278 g/mol.